The Bertz CT molecular complexity index is 1030. The van der Waals surface area contributed by atoms with Crippen LogP contribution in [0.2, 0.25) is 0 Å². The van der Waals surface area contributed by atoms with Gasteiger partial charge in [0.2, 0.25) is 0 Å². The zero-order valence-corrected chi connectivity index (χ0v) is 16.7. The van der Waals surface area contributed by atoms with Crippen molar-refractivity contribution in [3.05, 3.63) is 59.2 Å². The minimum atomic E-state index is -4.79. The quantitative estimate of drug-likeness (QED) is 0.511. The Morgan fingerprint density at radius 2 is 1.70 bits per heavy atom. The van der Waals surface area contributed by atoms with Crippen LogP contribution in [-0.2, 0) is 21.8 Å². The van der Waals surface area contributed by atoms with Gasteiger partial charge in [0, 0.05) is 12.0 Å². The van der Waals surface area contributed by atoms with E-state index in [4.69, 9.17) is 10.0 Å². The number of Topliss-reactive ketones (excluding diaryl/α,β-unsaturated/α-hetero) is 1. The summed E-state index contributed by atoms with van der Waals surface area (Å²) in [4.78, 5) is 12.2. The average molecular weight is 440 g/mol. The summed E-state index contributed by atoms with van der Waals surface area (Å²) in [6.07, 6.45) is -2.10. The summed E-state index contributed by atoms with van der Waals surface area (Å²) in [6.45, 7) is 0. The van der Waals surface area contributed by atoms with Crippen molar-refractivity contribution in [3.63, 3.8) is 0 Å². The molecule has 10 heteroatoms. The molecular formula is C20H20BF3O5S. The molecule has 3 rings (SSSR count). The van der Waals surface area contributed by atoms with E-state index in [1.54, 1.807) is 0 Å². The molecule has 0 bridgehead atoms. The number of rotatable bonds is 7. The van der Waals surface area contributed by atoms with Crippen molar-refractivity contribution in [1.29, 1.82) is 0 Å². The molecule has 0 aliphatic heterocycles. The van der Waals surface area contributed by atoms with Gasteiger partial charge in [0.1, 0.15) is 0 Å². The lowest BCUT2D eigenvalue weighted by Gasteiger charge is -2.25. The third-order valence-electron chi connectivity index (χ3n) is 5.28. The smallest absolute Gasteiger partial charge is 0.423 e. The minimum absolute atomic E-state index is 0.0593. The maximum Gasteiger partial charge on any atom is 0.488 e. The number of carbonyl (C=O) groups excluding carboxylic acids is 1. The standard InChI is InChI=1S/C20H20BF3O5S/c22-20(23,24)18-10-14(4-9-17(18)19(25)11-13-2-1-3-13)12-30(28,29)16-7-5-15(6-8-16)21(26)27/h4-10,13,26-27H,1-3,11-12H2. The highest BCUT2D eigenvalue weighted by Crippen LogP contribution is 2.36. The van der Waals surface area contributed by atoms with E-state index in [-0.39, 0.29) is 28.3 Å². The maximum absolute atomic E-state index is 13.5. The van der Waals surface area contributed by atoms with Gasteiger partial charge in [-0.25, -0.2) is 8.42 Å². The van der Waals surface area contributed by atoms with Crippen LogP contribution < -0.4 is 5.46 Å². The van der Waals surface area contributed by atoms with E-state index in [2.05, 4.69) is 0 Å². The first-order valence-electron chi connectivity index (χ1n) is 9.39. The van der Waals surface area contributed by atoms with Gasteiger partial charge in [-0.15, -0.1) is 0 Å². The second-order valence-corrected chi connectivity index (χ2v) is 9.49. The third kappa shape index (κ3) is 5.11. The molecule has 2 N–H and O–H groups in total. The molecule has 1 aliphatic carbocycles. The van der Waals surface area contributed by atoms with Gasteiger partial charge in [-0.05, 0) is 35.1 Å². The van der Waals surface area contributed by atoms with Gasteiger partial charge >= 0.3 is 13.3 Å². The molecule has 1 fully saturated rings. The number of sulfone groups is 1. The summed E-state index contributed by atoms with van der Waals surface area (Å²) >= 11 is 0. The molecule has 2 aromatic rings. The molecule has 160 valence electrons. The maximum atomic E-state index is 13.5. The number of halogens is 3. The molecular weight excluding hydrogens is 420 g/mol. The molecule has 0 atom stereocenters. The van der Waals surface area contributed by atoms with E-state index in [0.29, 0.717) is 0 Å². The molecule has 0 saturated heterocycles. The molecule has 1 saturated carbocycles. The number of carbonyl (C=O) groups is 1. The van der Waals surface area contributed by atoms with Crippen LogP contribution in [-0.4, -0.2) is 31.4 Å². The van der Waals surface area contributed by atoms with Gasteiger partial charge in [0.25, 0.3) is 0 Å². The van der Waals surface area contributed by atoms with E-state index in [9.17, 15) is 26.4 Å². The van der Waals surface area contributed by atoms with Crippen LogP contribution in [0, 0.1) is 5.92 Å². The minimum Gasteiger partial charge on any atom is -0.423 e. The van der Waals surface area contributed by atoms with Gasteiger partial charge < -0.3 is 10.0 Å². The molecule has 0 heterocycles. The fourth-order valence-corrected chi connectivity index (χ4v) is 4.71. The number of hydrogen-bond donors (Lipinski definition) is 2. The van der Waals surface area contributed by atoms with Gasteiger partial charge in [0.05, 0.1) is 16.2 Å². The fraction of sp³-hybridized carbons (Fsp3) is 0.350. The van der Waals surface area contributed by atoms with Crippen LogP contribution in [0.1, 0.15) is 47.2 Å². The Balaban J connectivity index is 1.87. The summed E-state index contributed by atoms with van der Waals surface area (Å²) in [5, 5.41) is 18.2. The van der Waals surface area contributed by atoms with Crippen molar-refractivity contribution < 1.29 is 36.4 Å². The summed E-state index contributed by atoms with van der Waals surface area (Å²) in [6, 6.07) is 7.74. The van der Waals surface area contributed by atoms with Gasteiger partial charge in [-0.1, -0.05) is 43.5 Å². The van der Waals surface area contributed by atoms with Crippen molar-refractivity contribution >= 4 is 28.2 Å². The van der Waals surface area contributed by atoms with E-state index < -0.39 is 45.8 Å². The first kappa shape index (κ1) is 22.5. The molecule has 1 aliphatic rings. The average Bonchev–Trinajstić information content (AvgIpc) is 2.63. The lowest BCUT2D eigenvalue weighted by atomic mass is 9.80. The Kier molecular flexibility index (Phi) is 6.40. The zero-order chi connectivity index (χ0) is 22.1. The Morgan fingerprint density at radius 1 is 1.07 bits per heavy atom. The zero-order valence-electron chi connectivity index (χ0n) is 15.9. The van der Waals surface area contributed by atoms with Gasteiger partial charge in [-0.2, -0.15) is 13.2 Å². The monoisotopic (exact) mass is 440 g/mol. The van der Waals surface area contributed by atoms with E-state index in [0.717, 1.165) is 43.5 Å². The van der Waals surface area contributed by atoms with E-state index >= 15 is 0 Å². The molecule has 0 aromatic heterocycles. The number of ketones is 1. The van der Waals surface area contributed by atoms with Crippen LogP contribution >= 0.6 is 0 Å². The normalized spacial score (nSPS) is 15.0. The molecule has 0 spiro atoms. The molecule has 0 radical (unpaired) electrons. The summed E-state index contributed by atoms with van der Waals surface area (Å²) in [7, 11) is -5.74. The second kappa shape index (κ2) is 8.53. The predicted molar refractivity (Wildman–Crippen MR) is 105 cm³/mol. The molecule has 30 heavy (non-hydrogen) atoms. The van der Waals surface area contributed by atoms with Crippen molar-refractivity contribution in [2.45, 2.75) is 42.5 Å². The lowest BCUT2D eigenvalue weighted by Crippen LogP contribution is -2.29. The highest BCUT2D eigenvalue weighted by atomic mass is 32.2. The van der Waals surface area contributed by atoms with Crippen molar-refractivity contribution in [2.75, 3.05) is 0 Å². The first-order chi connectivity index (χ1) is 14.0. The molecule has 0 unspecified atom stereocenters. The van der Waals surface area contributed by atoms with E-state index in [1.165, 1.54) is 18.2 Å². The number of alkyl halides is 3. The predicted octanol–water partition coefficient (Wildman–Crippen LogP) is 2.73. The first-order valence-corrected chi connectivity index (χ1v) is 11.0. The van der Waals surface area contributed by atoms with Crippen LogP contribution in [0.5, 0.6) is 0 Å². The third-order valence-corrected chi connectivity index (χ3v) is 6.99. The topological polar surface area (TPSA) is 91.7 Å². The number of hydrogen-bond acceptors (Lipinski definition) is 5. The Hall–Kier alpha value is -2.17. The van der Waals surface area contributed by atoms with Gasteiger partial charge in [0.15, 0.2) is 15.6 Å². The summed E-state index contributed by atoms with van der Waals surface area (Å²) in [5.74, 6) is -1.16. The highest BCUT2D eigenvalue weighted by molar-refractivity contribution is 7.90. The van der Waals surface area contributed by atoms with Crippen molar-refractivity contribution in [2.24, 2.45) is 5.92 Å². The van der Waals surface area contributed by atoms with Crippen LogP contribution in [0.25, 0.3) is 0 Å². The van der Waals surface area contributed by atoms with E-state index in [1.807, 2.05) is 0 Å². The Morgan fingerprint density at radius 3 is 2.20 bits per heavy atom. The highest BCUT2D eigenvalue weighted by Gasteiger charge is 2.36. The number of benzene rings is 2. The largest absolute Gasteiger partial charge is 0.488 e. The molecule has 5 nitrogen and oxygen atoms in total. The molecule has 2 aromatic carbocycles. The van der Waals surface area contributed by atoms with Gasteiger partial charge in [-0.3, -0.25) is 4.79 Å². The summed E-state index contributed by atoms with van der Waals surface area (Å²) in [5.41, 5.74) is -1.56. The summed E-state index contributed by atoms with van der Waals surface area (Å²) < 4.78 is 65.8. The van der Waals surface area contributed by atoms with Crippen molar-refractivity contribution in [1.82, 2.24) is 0 Å². The van der Waals surface area contributed by atoms with Crippen LogP contribution in [0.3, 0.4) is 0 Å². The molecule has 0 amide bonds. The second-order valence-electron chi connectivity index (χ2n) is 7.50. The Labute approximate surface area is 172 Å². The van der Waals surface area contributed by atoms with Crippen LogP contribution in [0.15, 0.2) is 47.4 Å². The van der Waals surface area contributed by atoms with Crippen LogP contribution in [0.4, 0.5) is 13.2 Å². The lowest BCUT2D eigenvalue weighted by molar-refractivity contribution is -0.138. The SMILES string of the molecule is O=C(CC1CCC1)c1ccc(CS(=O)(=O)c2ccc(B(O)O)cc2)cc1C(F)(F)F. The van der Waals surface area contributed by atoms with Crippen molar-refractivity contribution in [3.8, 4) is 0 Å². The fourth-order valence-electron chi connectivity index (χ4n) is 3.38.